The highest BCUT2D eigenvalue weighted by Gasteiger charge is 2.01. The highest BCUT2D eigenvalue weighted by molar-refractivity contribution is 7.14. The molecule has 0 aliphatic rings. The molecule has 14 heavy (non-hydrogen) atoms. The van der Waals surface area contributed by atoms with Gasteiger partial charge in [-0.3, -0.25) is 9.59 Å². The van der Waals surface area contributed by atoms with Crippen molar-refractivity contribution in [3.8, 4) is 11.8 Å². The molecule has 1 aromatic heterocycles. The van der Waals surface area contributed by atoms with Crippen molar-refractivity contribution in [3.05, 3.63) is 21.4 Å². The van der Waals surface area contributed by atoms with Crippen LogP contribution in [0.1, 0.15) is 26.5 Å². The average molecular weight is 207 g/mol. The van der Waals surface area contributed by atoms with Gasteiger partial charge >= 0.3 is 0 Å². The number of carbonyl (C=O) groups excluding carboxylic acids is 2. The number of primary amides is 1. The predicted molar refractivity (Wildman–Crippen MR) is 55.1 cm³/mol. The molecule has 0 fully saturated rings. The van der Waals surface area contributed by atoms with E-state index in [9.17, 15) is 9.59 Å². The average Bonchev–Trinajstić information content (AvgIpc) is 2.47. The van der Waals surface area contributed by atoms with Crippen LogP contribution >= 0.6 is 11.3 Å². The van der Waals surface area contributed by atoms with E-state index in [2.05, 4.69) is 11.8 Å². The summed E-state index contributed by atoms with van der Waals surface area (Å²) in [6.07, 6.45) is 0.838. The van der Waals surface area contributed by atoms with E-state index in [-0.39, 0.29) is 6.42 Å². The van der Waals surface area contributed by atoms with Gasteiger partial charge in [-0.1, -0.05) is 11.8 Å². The predicted octanol–water partition coefficient (Wildman–Crippen LogP) is 1.10. The molecule has 0 bridgehead atoms. The molecule has 1 heterocycles. The molecule has 0 aliphatic carbocycles. The maximum atomic E-state index is 10.4. The van der Waals surface area contributed by atoms with Crippen molar-refractivity contribution in [2.45, 2.75) is 13.3 Å². The lowest BCUT2D eigenvalue weighted by Crippen LogP contribution is -2.08. The molecule has 1 rings (SSSR count). The Kier molecular flexibility index (Phi) is 3.43. The number of rotatable bonds is 2. The van der Waals surface area contributed by atoms with Crippen LogP contribution in [0.5, 0.6) is 0 Å². The largest absolute Gasteiger partial charge is 0.369 e. The van der Waals surface area contributed by atoms with Crippen molar-refractivity contribution in [3.63, 3.8) is 0 Å². The van der Waals surface area contributed by atoms with Crippen LogP contribution in [0.15, 0.2) is 6.07 Å². The highest BCUT2D eigenvalue weighted by atomic mass is 32.1. The van der Waals surface area contributed by atoms with E-state index in [0.29, 0.717) is 4.88 Å². The summed E-state index contributed by atoms with van der Waals surface area (Å²) in [6, 6.07) is 1.77. The van der Waals surface area contributed by atoms with E-state index in [1.807, 2.05) is 6.92 Å². The van der Waals surface area contributed by atoms with Gasteiger partial charge in [-0.05, 0) is 18.6 Å². The van der Waals surface area contributed by atoms with E-state index in [0.717, 1.165) is 16.7 Å². The van der Waals surface area contributed by atoms with Gasteiger partial charge in [0.2, 0.25) is 5.91 Å². The van der Waals surface area contributed by atoms with Crippen LogP contribution < -0.4 is 5.73 Å². The molecule has 0 radical (unpaired) electrons. The van der Waals surface area contributed by atoms with Crippen LogP contribution in [0.3, 0.4) is 0 Å². The summed E-state index contributed by atoms with van der Waals surface area (Å²) in [5.41, 5.74) is 5.88. The first kappa shape index (κ1) is 10.5. The molecule has 0 saturated heterocycles. The van der Waals surface area contributed by atoms with Crippen molar-refractivity contribution in [1.29, 1.82) is 0 Å². The van der Waals surface area contributed by atoms with Gasteiger partial charge in [-0.15, -0.1) is 11.3 Å². The van der Waals surface area contributed by atoms with Gasteiger partial charge in [-0.2, -0.15) is 0 Å². The molecule has 3 nitrogen and oxygen atoms in total. The van der Waals surface area contributed by atoms with Crippen molar-refractivity contribution in [2.24, 2.45) is 5.73 Å². The third-order valence-corrected chi connectivity index (χ3v) is 2.60. The minimum atomic E-state index is -0.442. The Morgan fingerprint density at radius 3 is 2.93 bits per heavy atom. The third-order valence-electron chi connectivity index (χ3n) is 1.52. The van der Waals surface area contributed by atoms with E-state index >= 15 is 0 Å². The van der Waals surface area contributed by atoms with Crippen LogP contribution in [-0.2, 0) is 4.79 Å². The van der Waals surface area contributed by atoms with Crippen molar-refractivity contribution in [2.75, 3.05) is 0 Å². The normalized spacial score (nSPS) is 8.93. The fourth-order valence-electron chi connectivity index (χ4n) is 0.901. The number of aldehydes is 1. The molecule has 0 aliphatic heterocycles. The lowest BCUT2D eigenvalue weighted by molar-refractivity contribution is -0.117. The number of carbonyl (C=O) groups is 2. The molecule has 2 N–H and O–H groups in total. The maximum absolute atomic E-state index is 10.4. The van der Waals surface area contributed by atoms with Gasteiger partial charge in [-0.25, -0.2) is 0 Å². The van der Waals surface area contributed by atoms with E-state index in [4.69, 9.17) is 5.73 Å². The lowest BCUT2D eigenvalue weighted by Gasteiger charge is -1.83. The zero-order valence-corrected chi connectivity index (χ0v) is 8.48. The molecule has 1 aromatic rings. The topological polar surface area (TPSA) is 60.2 Å². The van der Waals surface area contributed by atoms with E-state index in [1.54, 1.807) is 6.07 Å². The summed E-state index contributed by atoms with van der Waals surface area (Å²) in [7, 11) is 0. The maximum Gasteiger partial charge on any atom is 0.229 e. The Bertz CT molecular complexity index is 423. The quantitative estimate of drug-likeness (QED) is 0.583. The Balaban J connectivity index is 2.83. The van der Waals surface area contributed by atoms with Gasteiger partial charge in [0.05, 0.1) is 16.2 Å². The molecule has 0 spiro atoms. The minimum Gasteiger partial charge on any atom is -0.369 e. The Labute approximate surface area is 85.9 Å². The van der Waals surface area contributed by atoms with E-state index < -0.39 is 5.91 Å². The Morgan fingerprint density at radius 1 is 1.71 bits per heavy atom. The van der Waals surface area contributed by atoms with E-state index in [1.165, 1.54) is 11.3 Å². The monoisotopic (exact) mass is 207 g/mol. The molecule has 72 valence electrons. The van der Waals surface area contributed by atoms with Crippen molar-refractivity contribution in [1.82, 2.24) is 0 Å². The molecule has 0 atom stereocenters. The summed E-state index contributed by atoms with van der Waals surface area (Å²) in [5.74, 6) is 5.01. The smallest absolute Gasteiger partial charge is 0.229 e. The van der Waals surface area contributed by atoms with Gasteiger partial charge in [0, 0.05) is 0 Å². The lowest BCUT2D eigenvalue weighted by atomic mass is 10.2. The summed E-state index contributed by atoms with van der Waals surface area (Å²) in [5, 5.41) is 0. The molecular weight excluding hydrogens is 198 g/mol. The first-order valence-corrected chi connectivity index (χ1v) is 4.78. The molecule has 0 unspecified atom stereocenters. The van der Waals surface area contributed by atoms with Gasteiger partial charge < -0.3 is 5.73 Å². The molecular formula is C10H9NO2S. The summed E-state index contributed by atoms with van der Waals surface area (Å²) in [4.78, 5) is 22.3. The molecule has 0 saturated carbocycles. The second-order valence-corrected chi connectivity index (χ2v) is 3.81. The zero-order chi connectivity index (χ0) is 10.6. The zero-order valence-electron chi connectivity index (χ0n) is 7.66. The summed E-state index contributed by atoms with van der Waals surface area (Å²) < 4.78 is 0. The number of hydrogen-bond acceptors (Lipinski definition) is 3. The Hall–Kier alpha value is -1.60. The number of nitrogens with two attached hydrogens (primary N) is 1. The van der Waals surface area contributed by atoms with Crippen LogP contribution in [0.25, 0.3) is 0 Å². The fraction of sp³-hybridized carbons (Fsp3) is 0.200. The van der Waals surface area contributed by atoms with Crippen LogP contribution in [0.4, 0.5) is 0 Å². The minimum absolute atomic E-state index is 0.0494. The SMILES string of the molecule is Cc1cc(C=O)sc1C#CCC(N)=O. The van der Waals surface area contributed by atoms with Gasteiger partial charge in [0.25, 0.3) is 0 Å². The van der Waals surface area contributed by atoms with Crippen molar-refractivity contribution >= 4 is 23.5 Å². The van der Waals surface area contributed by atoms with Crippen LogP contribution in [0.2, 0.25) is 0 Å². The Morgan fingerprint density at radius 2 is 2.43 bits per heavy atom. The molecule has 4 heteroatoms. The fourth-order valence-corrected chi connectivity index (χ4v) is 1.76. The third kappa shape index (κ3) is 2.71. The second kappa shape index (κ2) is 4.58. The molecule has 1 amide bonds. The second-order valence-electron chi connectivity index (χ2n) is 2.72. The summed E-state index contributed by atoms with van der Waals surface area (Å²) in [6.45, 7) is 1.87. The van der Waals surface area contributed by atoms with Crippen molar-refractivity contribution < 1.29 is 9.59 Å². The number of amides is 1. The van der Waals surface area contributed by atoms with Crippen LogP contribution in [-0.4, -0.2) is 12.2 Å². The van der Waals surface area contributed by atoms with Crippen LogP contribution in [0, 0.1) is 18.8 Å². The highest BCUT2D eigenvalue weighted by Crippen LogP contribution is 2.18. The summed E-state index contributed by atoms with van der Waals surface area (Å²) >= 11 is 1.32. The first-order valence-electron chi connectivity index (χ1n) is 3.96. The standard InChI is InChI=1S/C10H9NO2S/c1-7-5-8(6-12)14-9(7)3-2-4-10(11)13/h5-6H,4H2,1H3,(H2,11,13). The molecule has 0 aromatic carbocycles. The number of thiophene rings is 1. The first-order chi connectivity index (χ1) is 6.63. The number of aryl methyl sites for hydroxylation is 1. The number of hydrogen-bond donors (Lipinski definition) is 1. The van der Waals surface area contributed by atoms with Gasteiger partial charge in [0.1, 0.15) is 0 Å². The van der Waals surface area contributed by atoms with Gasteiger partial charge in [0.15, 0.2) is 6.29 Å².